The van der Waals surface area contributed by atoms with Gasteiger partial charge >= 0.3 is 5.97 Å². The molecule has 1 aromatic rings. The number of carbonyl (C=O) groups is 1. The van der Waals surface area contributed by atoms with Crippen molar-refractivity contribution in [1.29, 1.82) is 0 Å². The Kier molecular flexibility index (Phi) is 2.39. The molecule has 0 aliphatic carbocycles. The number of ether oxygens (including phenoxy) is 2. The zero-order valence-corrected chi connectivity index (χ0v) is 9.16. The number of hydrogen-bond donors (Lipinski definition) is 0. The summed E-state index contributed by atoms with van der Waals surface area (Å²) < 4.78 is 10.4. The molecule has 2 rings (SSSR count). The van der Waals surface area contributed by atoms with Crippen molar-refractivity contribution in [2.24, 2.45) is 0 Å². The SMILES string of the molecule is COC(=O)c1cc(C)c2c(c1)CC(C)O2. The van der Waals surface area contributed by atoms with Gasteiger partial charge in [-0.15, -0.1) is 0 Å². The van der Waals surface area contributed by atoms with E-state index in [9.17, 15) is 4.79 Å². The molecule has 0 saturated heterocycles. The van der Waals surface area contributed by atoms with Gasteiger partial charge in [-0.05, 0) is 37.1 Å². The minimum Gasteiger partial charge on any atom is -0.490 e. The molecule has 0 spiro atoms. The van der Waals surface area contributed by atoms with Crippen LogP contribution in [0.25, 0.3) is 0 Å². The smallest absolute Gasteiger partial charge is 0.337 e. The Hall–Kier alpha value is -1.51. The van der Waals surface area contributed by atoms with Gasteiger partial charge in [-0.2, -0.15) is 0 Å². The molecule has 0 N–H and O–H groups in total. The summed E-state index contributed by atoms with van der Waals surface area (Å²) in [7, 11) is 1.39. The van der Waals surface area contributed by atoms with Crippen LogP contribution in [0, 0.1) is 6.92 Å². The quantitative estimate of drug-likeness (QED) is 0.660. The van der Waals surface area contributed by atoms with Crippen molar-refractivity contribution in [1.82, 2.24) is 0 Å². The normalized spacial score (nSPS) is 18.2. The molecule has 3 nitrogen and oxygen atoms in total. The average molecular weight is 206 g/mol. The zero-order chi connectivity index (χ0) is 11.0. The molecule has 0 amide bonds. The van der Waals surface area contributed by atoms with E-state index < -0.39 is 0 Å². The number of esters is 1. The van der Waals surface area contributed by atoms with Gasteiger partial charge in [0.25, 0.3) is 0 Å². The van der Waals surface area contributed by atoms with Gasteiger partial charge in [0, 0.05) is 6.42 Å². The van der Waals surface area contributed by atoms with Crippen molar-refractivity contribution < 1.29 is 14.3 Å². The average Bonchev–Trinajstić information content (AvgIpc) is 2.58. The maximum atomic E-state index is 11.4. The van der Waals surface area contributed by atoms with Gasteiger partial charge in [-0.3, -0.25) is 0 Å². The summed E-state index contributed by atoms with van der Waals surface area (Å²) in [6.07, 6.45) is 1.06. The largest absolute Gasteiger partial charge is 0.490 e. The maximum absolute atomic E-state index is 11.4. The maximum Gasteiger partial charge on any atom is 0.337 e. The molecule has 0 saturated carbocycles. The van der Waals surface area contributed by atoms with Gasteiger partial charge in [0.1, 0.15) is 11.9 Å². The van der Waals surface area contributed by atoms with E-state index in [4.69, 9.17) is 9.47 Å². The summed E-state index contributed by atoms with van der Waals surface area (Å²) in [4.78, 5) is 11.4. The van der Waals surface area contributed by atoms with Crippen molar-refractivity contribution in [2.75, 3.05) is 7.11 Å². The molecule has 1 heterocycles. The lowest BCUT2D eigenvalue weighted by Crippen LogP contribution is -2.05. The van der Waals surface area contributed by atoms with Crippen LogP contribution >= 0.6 is 0 Å². The second-order valence-electron chi connectivity index (χ2n) is 3.91. The standard InChI is InChI=1S/C12H14O3/c1-7-4-10(12(13)14-3)6-9-5-8(2)15-11(7)9/h4,6,8H,5H2,1-3H3. The van der Waals surface area contributed by atoms with Crippen LogP contribution in [0.3, 0.4) is 0 Å². The van der Waals surface area contributed by atoms with Crippen molar-refractivity contribution >= 4 is 5.97 Å². The minimum absolute atomic E-state index is 0.201. The monoisotopic (exact) mass is 206 g/mol. The van der Waals surface area contributed by atoms with E-state index in [1.807, 2.05) is 26.0 Å². The molecule has 0 radical (unpaired) electrons. The molecule has 1 atom stereocenters. The number of hydrogen-bond acceptors (Lipinski definition) is 3. The third kappa shape index (κ3) is 1.69. The van der Waals surface area contributed by atoms with E-state index in [1.54, 1.807) is 0 Å². The second kappa shape index (κ2) is 3.57. The molecule has 0 aromatic heterocycles. The summed E-state index contributed by atoms with van der Waals surface area (Å²) in [6.45, 7) is 3.97. The Morgan fingerprint density at radius 3 is 2.93 bits per heavy atom. The van der Waals surface area contributed by atoms with E-state index in [2.05, 4.69) is 0 Å². The first-order valence-corrected chi connectivity index (χ1v) is 5.00. The highest BCUT2D eigenvalue weighted by Gasteiger charge is 2.22. The van der Waals surface area contributed by atoms with Gasteiger partial charge in [-0.1, -0.05) is 0 Å². The summed E-state index contributed by atoms with van der Waals surface area (Å²) in [5.41, 5.74) is 2.70. The molecular formula is C12H14O3. The number of methoxy groups -OCH3 is 1. The highest BCUT2D eigenvalue weighted by atomic mass is 16.5. The highest BCUT2D eigenvalue weighted by molar-refractivity contribution is 5.90. The fourth-order valence-corrected chi connectivity index (χ4v) is 1.96. The third-order valence-corrected chi connectivity index (χ3v) is 2.60. The minimum atomic E-state index is -0.291. The van der Waals surface area contributed by atoms with Gasteiger partial charge in [-0.25, -0.2) is 4.79 Å². The van der Waals surface area contributed by atoms with Crippen LogP contribution in [0.4, 0.5) is 0 Å². The number of aryl methyl sites for hydroxylation is 1. The zero-order valence-electron chi connectivity index (χ0n) is 9.16. The molecule has 80 valence electrons. The summed E-state index contributed by atoms with van der Waals surface area (Å²) in [6, 6.07) is 3.67. The van der Waals surface area contributed by atoms with Crippen molar-refractivity contribution in [2.45, 2.75) is 26.4 Å². The lowest BCUT2D eigenvalue weighted by molar-refractivity contribution is 0.0600. The number of rotatable bonds is 1. The summed E-state index contributed by atoms with van der Waals surface area (Å²) in [5.74, 6) is 0.635. The predicted molar refractivity (Wildman–Crippen MR) is 56.3 cm³/mol. The van der Waals surface area contributed by atoms with Gasteiger partial charge in [0.2, 0.25) is 0 Å². The van der Waals surface area contributed by atoms with Gasteiger partial charge < -0.3 is 9.47 Å². The van der Waals surface area contributed by atoms with E-state index in [1.165, 1.54) is 7.11 Å². The molecule has 1 aliphatic rings. The van der Waals surface area contributed by atoms with Crippen LogP contribution in [0.15, 0.2) is 12.1 Å². The lowest BCUT2D eigenvalue weighted by atomic mass is 10.0. The Morgan fingerprint density at radius 2 is 2.27 bits per heavy atom. The van der Waals surface area contributed by atoms with Crippen LogP contribution < -0.4 is 4.74 Å². The number of fused-ring (bicyclic) bond motifs is 1. The first-order chi connectivity index (χ1) is 7.11. The van der Waals surface area contributed by atoms with Crippen molar-refractivity contribution in [3.8, 4) is 5.75 Å². The summed E-state index contributed by atoms with van der Waals surface area (Å²) >= 11 is 0. The molecular weight excluding hydrogens is 192 g/mol. The van der Waals surface area contributed by atoms with Crippen LogP contribution in [0.5, 0.6) is 5.75 Å². The molecule has 1 unspecified atom stereocenters. The van der Waals surface area contributed by atoms with E-state index in [-0.39, 0.29) is 12.1 Å². The molecule has 1 aromatic carbocycles. The molecule has 0 bridgehead atoms. The van der Waals surface area contributed by atoms with E-state index in [0.29, 0.717) is 5.56 Å². The number of benzene rings is 1. The van der Waals surface area contributed by atoms with Crippen LogP contribution in [0.2, 0.25) is 0 Å². The fourth-order valence-electron chi connectivity index (χ4n) is 1.96. The Balaban J connectivity index is 2.44. The molecule has 1 aliphatic heterocycles. The Labute approximate surface area is 89.0 Å². The first-order valence-electron chi connectivity index (χ1n) is 5.00. The van der Waals surface area contributed by atoms with Crippen LogP contribution in [0.1, 0.15) is 28.4 Å². The Morgan fingerprint density at radius 1 is 1.53 bits per heavy atom. The number of carbonyl (C=O) groups excluding carboxylic acids is 1. The second-order valence-corrected chi connectivity index (χ2v) is 3.91. The highest BCUT2D eigenvalue weighted by Crippen LogP contribution is 2.33. The van der Waals surface area contributed by atoms with Gasteiger partial charge in [0.05, 0.1) is 12.7 Å². The third-order valence-electron chi connectivity index (χ3n) is 2.60. The van der Waals surface area contributed by atoms with Crippen molar-refractivity contribution in [3.63, 3.8) is 0 Å². The van der Waals surface area contributed by atoms with E-state index >= 15 is 0 Å². The topological polar surface area (TPSA) is 35.5 Å². The lowest BCUT2D eigenvalue weighted by Gasteiger charge is -2.07. The first kappa shape index (κ1) is 10.0. The molecule has 0 fully saturated rings. The van der Waals surface area contributed by atoms with Crippen LogP contribution in [-0.4, -0.2) is 19.2 Å². The van der Waals surface area contributed by atoms with Crippen LogP contribution in [-0.2, 0) is 11.2 Å². The predicted octanol–water partition coefficient (Wildman–Crippen LogP) is 2.11. The summed E-state index contributed by atoms with van der Waals surface area (Å²) in [5, 5.41) is 0. The fraction of sp³-hybridized carbons (Fsp3) is 0.417. The van der Waals surface area contributed by atoms with Crippen molar-refractivity contribution in [3.05, 3.63) is 28.8 Å². The molecule has 3 heteroatoms. The molecule has 15 heavy (non-hydrogen) atoms. The Bertz CT molecular complexity index is 410. The van der Waals surface area contributed by atoms with Gasteiger partial charge in [0.15, 0.2) is 0 Å². The van der Waals surface area contributed by atoms with E-state index in [0.717, 1.165) is 23.3 Å².